The van der Waals surface area contributed by atoms with Gasteiger partial charge in [0.05, 0.1) is 18.1 Å². The third-order valence-corrected chi connectivity index (χ3v) is 1.71. The van der Waals surface area contributed by atoms with Gasteiger partial charge in [-0.25, -0.2) is 0 Å². The Morgan fingerprint density at radius 3 is 2.40 bits per heavy atom. The molecule has 0 atom stereocenters. The van der Waals surface area contributed by atoms with Crippen LogP contribution in [-0.4, -0.2) is 17.0 Å². The van der Waals surface area contributed by atoms with E-state index in [1.807, 2.05) is 0 Å². The summed E-state index contributed by atoms with van der Waals surface area (Å²) >= 11 is 0. The fraction of sp³-hybridized carbons (Fsp3) is 0.250. The molecule has 0 aliphatic heterocycles. The number of hydrogen-bond donors (Lipinski definition) is 0. The van der Waals surface area contributed by atoms with Crippen molar-refractivity contribution in [2.75, 3.05) is 7.11 Å². The average Bonchev–Trinajstić information content (AvgIpc) is 2.16. The van der Waals surface area contributed by atoms with E-state index in [4.69, 9.17) is 4.74 Å². The molecule has 0 saturated carbocycles. The number of nitro benzene ring substituents is 1. The van der Waals surface area contributed by atoms with E-state index in [0.717, 1.165) is 6.07 Å². The van der Waals surface area contributed by atoms with Crippen molar-refractivity contribution in [2.24, 2.45) is 0 Å². The first kappa shape index (κ1) is 10.9. The number of benzene rings is 1. The summed E-state index contributed by atoms with van der Waals surface area (Å²) in [6, 6.07) is 3.77. The zero-order valence-corrected chi connectivity index (χ0v) is 7.87. The van der Waals surface area contributed by atoms with Crippen LogP contribution in [0.4, 0.5) is 5.69 Å². The maximum Gasteiger partial charge on any atom is 0.273 e. The van der Waals surface area contributed by atoms with Gasteiger partial charge in [-0.05, 0) is 6.07 Å². The number of nitrogens with zero attached hydrogens (tertiary/aromatic N) is 2. The van der Waals surface area contributed by atoms with Crippen molar-refractivity contribution in [3.63, 3.8) is 0 Å². The summed E-state index contributed by atoms with van der Waals surface area (Å²) in [5.74, 6) is 0.237. The smallest absolute Gasteiger partial charge is 0.273 e. The van der Waals surface area contributed by atoms with Gasteiger partial charge in [-0.15, -0.1) is 0 Å². The van der Waals surface area contributed by atoms with Crippen LogP contribution in [0.15, 0.2) is 18.2 Å². The van der Waals surface area contributed by atoms with E-state index in [-0.39, 0.29) is 17.0 Å². The molecule has 7 nitrogen and oxygen atoms in total. The molecule has 0 fully saturated rings. The minimum Gasteiger partial charge on any atom is -0.496 e. The third-order valence-electron chi connectivity index (χ3n) is 1.71. The molecule has 1 aromatic rings. The largest absolute Gasteiger partial charge is 0.496 e. The lowest BCUT2D eigenvalue weighted by Gasteiger charge is -2.01. The summed E-state index contributed by atoms with van der Waals surface area (Å²) < 4.78 is 4.80. The molecule has 0 aromatic heterocycles. The Balaban J connectivity index is 3.11. The second kappa shape index (κ2) is 4.36. The molecule has 0 unspecified atom stereocenters. The van der Waals surface area contributed by atoms with E-state index >= 15 is 0 Å². The lowest BCUT2D eigenvalue weighted by molar-refractivity contribution is -0.496. The molecule has 80 valence electrons. The molecule has 0 N–H and O–H groups in total. The monoisotopic (exact) mass is 212 g/mol. The summed E-state index contributed by atoms with van der Waals surface area (Å²) in [6.07, 6.45) is 0. The molecule has 1 rings (SSSR count). The highest BCUT2D eigenvalue weighted by atomic mass is 16.6. The average molecular weight is 212 g/mol. The summed E-state index contributed by atoms with van der Waals surface area (Å²) in [5.41, 5.74) is 0.0252. The number of hydrogen-bond acceptors (Lipinski definition) is 5. The van der Waals surface area contributed by atoms with Crippen molar-refractivity contribution in [3.8, 4) is 5.75 Å². The molecular formula is C8H8N2O5. The van der Waals surface area contributed by atoms with Gasteiger partial charge in [0.15, 0.2) is 0 Å². The Hall–Kier alpha value is -2.18. The lowest BCUT2D eigenvalue weighted by atomic mass is 10.2. The van der Waals surface area contributed by atoms with E-state index < -0.39 is 16.4 Å². The topological polar surface area (TPSA) is 95.5 Å². The van der Waals surface area contributed by atoms with Gasteiger partial charge in [-0.1, -0.05) is 0 Å². The van der Waals surface area contributed by atoms with Crippen LogP contribution in [0.2, 0.25) is 0 Å². The maximum atomic E-state index is 10.5. The molecule has 0 heterocycles. The van der Waals surface area contributed by atoms with Crippen molar-refractivity contribution in [1.82, 2.24) is 0 Å². The molecule has 15 heavy (non-hydrogen) atoms. The fourth-order valence-electron chi connectivity index (χ4n) is 1.11. The molecule has 0 amide bonds. The van der Waals surface area contributed by atoms with Gasteiger partial charge >= 0.3 is 0 Å². The summed E-state index contributed by atoms with van der Waals surface area (Å²) in [6.45, 7) is -0.460. The van der Waals surface area contributed by atoms with Gasteiger partial charge in [-0.2, -0.15) is 0 Å². The van der Waals surface area contributed by atoms with Crippen molar-refractivity contribution in [3.05, 3.63) is 44.0 Å². The maximum absolute atomic E-state index is 10.5. The molecule has 0 spiro atoms. The van der Waals surface area contributed by atoms with Gasteiger partial charge in [-0.3, -0.25) is 20.2 Å². The Kier molecular flexibility index (Phi) is 3.17. The highest BCUT2D eigenvalue weighted by Gasteiger charge is 2.12. The second-order valence-corrected chi connectivity index (χ2v) is 2.79. The van der Waals surface area contributed by atoms with Gasteiger partial charge < -0.3 is 4.74 Å². The van der Waals surface area contributed by atoms with Crippen molar-refractivity contribution in [2.45, 2.75) is 6.54 Å². The predicted molar refractivity (Wildman–Crippen MR) is 50.3 cm³/mol. The standard InChI is InChI=1S/C8H8N2O5/c1-15-8-3-6(5-9(11)12)2-7(4-8)10(13)14/h2-4H,5H2,1H3. The number of methoxy groups -OCH3 is 1. The van der Waals surface area contributed by atoms with Gasteiger partial charge in [0.1, 0.15) is 5.75 Å². The van der Waals surface area contributed by atoms with Crippen LogP contribution in [0.5, 0.6) is 5.75 Å². The predicted octanol–water partition coefficient (Wildman–Crippen LogP) is 1.38. The van der Waals surface area contributed by atoms with Crippen LogP contribution in [0.25, 0.3) is 0 Å². The first-order chi connectivity index (χ1) is 7.02. The number of nitro groups is 2. The van der Waals surface area contributed by atoms with Crippen molar-refractivity contribution in [1.29, 1.82) is 0 Å². The summed E-state index contributed by atoms with van der Waals surface area (Å²) in [7, 11) is 1.34. The number of non-ortho nitro benzene ring substituents is 1. The molecule has 1 aromatic carbocycles. The Bertz CT molecular complexity index is 404. The molecule has 0 bridgehead atoms. The first-order valence-electron chi connectivity index (χ1n) is 3.97. The minimum absolute atomic E-state index is 0.216. The normalized spacial score (nSPS) is 9.67. The first-order valence-corrected chi connectivity index (χ1v) is 3.97. The highest BCUT2D eigenvalue weighted by molar-refractivity contribution is 5.42. The van der Waals surface area contributed by atoms with Crippen LogP contribution in [0.3, 0.4) is 0 Å². The van der Waals surface area contributed by atoms with E-state index in [9.17, 15) is 20.2 Å². The van der Waals surface area contributed by atoms with Crippen LogP contribution in [0, 0.1) is 20.2 Å². The van der Waals surface area contributed by atoms with Crippen LogP contribution >= 0.6 is 0 Å². The Morgan fingerprint density at radius 1 is 1.27 bits per heavy atom. The zero-order chi connectivity index (χ0) is 11.4. The second-order valence-electron chi connectivity index (χ2n) is 2.79. The highest BCUT2D eigenvalue weighted by Crippen LogP contribution is 2.22. The molecule has 7 heteroatoms. The molecule has 0 radical (unpaired) electrons. The molecule has 0 aliphatic rings. The van der Waals surface area contributed by atoms with Gasteiger partial charge in [0.25, 0.3) is 5.69 Å². The fourth-order valence-corrected chi connectivity index (χ4v) is 1.11. The van der Waals surface area contributed by atoms with E-state index in [0.29, 0.717) is 0 Å². The Labute approximate surface area is 84.6 Å². The number of rotatable bonds is 4. The summed E-state index contributed by atoms with van der Waals surface area (Å²) in [5, 5.41) is 20.7. The quantitative estimate of drug-likeness (QED) is 0.554. The lowest BCUT2D eigenvalue weighted by Crippen LogP contribution is -2.00. The molecule has 0 saturated heterocycles. The van der Waals surface area contributed by atoms with Gasteiger partial charge in [0.2, 0.25) is 6.54 Å². The Morgan fingerprint density at radius 2 is 1.93 bits per heavy atom. The summed E-state index contributed by atoms with van der Waals surface area (Å²) in [4.78, 5) is 19.6. The van der Waals surface area contributed by atoms with Crippen LogP contribution < -0.4 is 4.74 Å². The van der Waals surface area contributed by atoms with Crippen LogP contribution in [-0.2, 0) is 6.54 Å². The minimum atomic E-state index is -0.619. The molecular weight excluding hydrogens is 204 g/mol. The zero-order valence-electron chi connectivity index (χ0n) is 7.87. The SMILES string of the molecule is COc1cc(C[N+](=O)[O-])cc([N+](=O)[O-])c1. The van der Waals surface area contributed by atoms with Crippen LogP contribution in [0.1, 0.15) is 5.56 Å². The van der Waals surface area contributed by atoms with Crippen molar-refractivity contribution >= 4 is 5.69 Å². The molecule has 0 aliphatic carbocycles. The van der Waals surface area contributed by atoms with E-state index in [1.165, 1.54) is 19.2 Å². The van der Waals surface area contributed by atoms with E-state index in [1.54, 1.807) is 0 Å². The third kappa shape index (κ3) is 2.90. The number of ether oxygens (including phenoxy) is 1. The van der Waals surface area contributed by atoms with E-state index in [2.05, 4.69) is 0 Å². The van der Waals surface area contributed by atoms with Gasteiger partial charge in [0, 0.05) is 16.6 Å². The van der Waals surface area contributed by atoms with Crippen molar-refractivity contribution < 1.29 is 14.6 Å².